The van der Waals surface area contributed by atoms with Gasteiger partial charge >= 0.3 is 0 Å². The Morgan fingerprint density at radius 2 is 2.03 bits per heavy atom. The first-order valence-corrected chi connectivity index (χ1v) is 11.2. The van der Waals surface area contributed by atoms with Crippen LogP contribution in [-0.4, -0.2) is 43.9 Å². The van der Waals surface area contributed by atoms with Gasteiger partial charge in [0.05, 0.1) is 17.8 Å². The van der Waals surface area contributed by atoms with E-state index in [1.54, 1.807) is 25.8 Å². The fraction of sp³-hybridized carbons (Fsp3) is 0.417. The summed E-state index contributed by atoms with van der Waals surface area (Å²) < 4.78 is 16.5. The minimum atomic E-state index is -0.543. The molecule has 0 fully saturated rings. The van der Waals surface area contributed by atoms with E-state index in [4.69, 9.17) is 19.2 Å². The van der Waals surface area contributed by atoms with Crippen LogP contribution in [0.3, 0.4) is 0 Å². The van der Waals surface area contributed by atoms with Crippen molar-refractivity contribution in [2.24, 2.45) is 0 Å². The Bertz CT molecular complexity index is 943. The number of aromatic nitrogens is 1. The monoisotopic (exact) mass is 444 g/mol. The smallest absolute Gasteiger partial charge is 0.253 e. The zero-order chi connectivity index (χ0) is 22.8. The number of fused-ring (bicyclic) bond motifs is 1. The third-order valence-electron chi connectivity index (χ3n) is 4.53. The maximum absolute atomic E-state index is 12.2. The summed E-state index contributed by atoms with van der Waals surface area (Å²) in [6.45, 7) is 8.22. The van der Waals surface area contributed by atoms with Crippen LogP contribution in [0.5, 0.6) is 5.75 Å². The van der Waals surface area contributed by atoms with Gasteiger partial charge in [0.2, 0.25) is 0 Å². The molecule has 1 aromatic carbocycles. The molecule has 0 radical (unpaired) electrons. The Morgan fingerprint density at radius 1 is 1.26 bits per heavy atom. The fourth-order valence-corrected chi connectivity index (χ4v) is 3.62. The number of pyridine rings is 1. The highest BCUT2D eigenvalue weighted by Gasteiger charge is 2.16. The number of methoxy groups -OCH3 is 2. The van der Waals surface area contributed by atoms with Gasteiger partial charge in [-0.2, -0.15) is 0 Å². The summed E-state index contributed by atoms with van der Waals surface area (Å²) in [5.41, 5.74) is 2.28. The highest BCUT2D eigenvalue weighted by Crippen LogP contribution is 2.35. The van der Waals surface area contributed by atoms with E-state index in [1.807, 2.05) is 44.2 Å². The van der Waals surface area contributed by atoms with Crippen molar-refractivity contribution in [2.75, 3.05) is 26.1 Å². The molecule has 0 aliphatic heterocycles. The van der Waals surface area contributed by atoms with E-state index in [1.165, 1.54) is 7.11 Å². The van der Waals surface area contributed by atoms with E-state index in [0.717, 1.165) is 27.9 Å². The molecule has 1 amide bonds. The van der Waals surface area contributed by atoms with E-state index in [-0.39, 0.29) is 12.0 Å². The van der Waals surface area contributed by atoms with E-state index in [0.29, 0.717) is 18.0 Å². The van der Waals surface area contributed by atoms with E-state index in [9.17, 15) is 4.79 Å². The van der Waals surface area contributed by atoms with Crippen LogP contribution in [0.2, 0.25) is 0 Å². The summed E-state index contributed by atoms with van der Waals surface area (Å²) in [6.07, 6.45) is 4.45. The SMILES string of the molecule is C/C=C(\S/C=C\CC)c1cc(O[C@H](C)COC)c2cc(NC(=O)[C@H](C)OC)ccc2n1. The highest BCUT2D eigenvalue weighted by atomic mass is 32.2. The number of carbonyl (C=O) groups excluding carboxylic acids is 1. The quantitative estimate of drug-likeness (QED) is 0.484. The average molecular weight is 445 g/mol. The number of benzene rings is 1. The molecule has 1 N–H and O–H groups in total. The van der Waals surface area contributed by atoms with Gasteiger partial charge < -0.3 is 19.5 Å². The number of amides is 1. The Hall–Kier alpha value is -2.35. The first kappa shape index (κ1) is 24.9. The molecule has 1 aromatic heterocycles. The van der Waals surface area contributed by atoms with Gasteiger partial charge in [0.1, 0.15) is 18.0 Å². The molecule has 6 nitrogen and oxygen atoms in total. The normalized spacial score (nSPS) is 14.1. The molecule has 2 aromatic rings. The number of hydrogen-bond acceptors (Lipinski definition) is 6. The molecule has 0 saturated heterocycles. The van der Waals surface area contributed by atoms with Crippen molar-refractivity contribution in [3.05, 3.63) is 47.5 Å². The molecule has 168 valence electrons. The fourth-order valence-electron chi connectivity index (χ4n) is 2.83. The molecule has 0 spiro atoms. The van der Waals surface area contributed by atoms with Crippen LogP contribution in [0, 0.1) is 0 Å². The molecule has 7 heteroatoms. The summed E-state index contributed by atoms with van der Waals surface area (Å²) in [6, 6.07) is 7.54. The molecule has 0 unspecified atom stereocenters. The first-order chi connectivity index (χ1) is 14.9. The van der Waals surface area contributed by atoms with Gasteiger partial charge in [-0.15, -0.1) is 0 Å². The molecule has 0 bridgehead atoms. The molecule has 0 aliphatic rings. The Labute approximate surface area is 189 Å². The van der Waals surface area contributed by atoms with Gasteiger partial charge in [-0.05, 0) is 50.8 Å². The second-order valence-electron chi connectivity index (χ2n) is 7.04. The zero-order valence-electron chi connectivity index (χ0n) is 19.1. The van der Waals surface area contributed by atoms with Gasteiger partial charge in [0.25, 0.3) is 5.91 Å². The summed E-state index contributed by atoms with van der Waals surface area (Å²) in [4.78, 5) is 18.1. The Balaban J connectivity index is 2.49. The molecule has 31 heavy (non-hydrogen) atoms. The minimum Gasteiger partial charge on any atom is -0.488 e. The average Bonchev–Trinajstić information content (AvgIpc) is 2.76. The van der Waals surface area contributed by atoms with Gasteiger partial charge in [-0.25, -0.2) is 4.98 Å². The maximum atomic E-state index is 12.2. The molecule has 2 rings (SSSR count). The van der Waals surface area contributed by atoms with Crippen molar-refractivity contribution in [3.63, 3.8) is 0 Å². The van der Waals surface area contributed by atoms with Gasteiger partial charge in [0, 0.05) is 36.3 Å². The van der Waals surface area contributed by atoms with Crippen LogP contribution < -0.4 is 10.1 Å². The van der Waals surface area contributed by atoms with E-state index < -0.39 is 6.10 Å². The van der Waals surface area contributed by atoms with Crippen molar-refractivity contribution in [1.29, 1.82) is 0 Å². The standard InChI is InChI=1S/C24H32N2O4S/c1-7-9-12-31-23(8-2)21-14-22(30-16(3)15-28-5)19-13-18(10-11-20(19)26-21)25-24(27)17(4)29-6/h8-14,16-17H,7,15H2,1-6H3,(H,25,27)/b12-9-,23-8-/t16-,17+/m1/s1. The largest absolute Gasteiger partial charge is 0.488 e. The molecule has 1 heterocycles. The third-order valence-corrected chi connectivity index (χ3v) is 5.56. The van der Waals surface area contributed by atoms with Gasteiger partial charge in [-0.1, -0.05) is 30.8 Å². The summed E-state index contributed by atoms with van der Waals surface area (Å²) in [5.74, 6) is 0.483. The minimum absolute atomic E-state index is 0.142. The van der Waals surface area contributed by atoms with Crippen molar-refractivity contribution in [3.8, 4) is 5.75 Å². The maximum Gasteiger partial charge on any atom is 0.253 e. The lowest BCUT2D eigenvalue weighted by Gasteiger charge is -2.18. The van der Waals surface area contributed by atoms with Crippen LogP contribution >= 0.6 is 11.8 Å². The van der Waals surface area contributed by atoms with E-state index >= 15 is 0 Å². The summed E-state index contributed by atoms with van der Waals surface area (Å²) in [5, 5.41) is 5.77. The van der Waals surface area contributed by atoms with Gasteiger partial charge in [0.15, 0.2) is 0 Å². The Morgan fingerprint density at radius 3 is 2.68 bits per heavy atom. The number of ether oxygens (including phenoxy) is 3. The second kappa shape index (κ2) is 12.5. The first-order valence-electron chi connectivity index (χ1n) is 10.4. The van der Waals surface area contributed by atoms with Crippen molar-refractivity contribution >= 4 is 39.2 Å². The lowest BCUT2D eigenvalue weighted by atomic mass is 10.1. The highest BCUT2D eigenvalue weighted by molar-refractivity contribution is 8.10. The van der Waals surface area contributed by atoms with E-state index in [2.05, 4.69) is 23.7 Å². The topological polar surface area (TPSA) is 69.7 Å². The number of carbonyl (C=O) groups is 1. The second-order valence-corrected chi connectivity index (χ2v) is 7.99. The zero-order valence-corrected chi connectivity index (χ0v) is 19.9. The number of anilines is 1. The number of nitrogens with zero attached hydrogens (tertiary/aromatic N) is 1. The van der Waals surface area contributed by atoms with Gasteiger partial charge in [-0.3, -0.25) is 4.79 Å². The lowest BCUT2D eigenvalue weighted by Crippen LogP contribution is -2.26. The molecule has 0 aliphatic carbocycles. The lowest BCUT2D eigenvalue weighted by molar-refractivity contribution is -0.124. The van der Waals surface area contributed by atoms with Crippen molar-refractivity contribution in [2.45, 2.75) is 46.3 Å². The van der Waals surface area contributed by atoms with Crippen LogP contribution in [0.4, 0.5) is 5.69 Å². The number of rotatable bonds is 11. The van der Waals surface area contributed by atoms with Crippen molar-refractivity contribution in [1.82, 2.24) is 4.98 Å². The number of nitrogens with one attached hydrogen (secondary N) is 1. The summed E-state index contributed by atoms with van der Waals surface area (Å²) >= 11 is 1.63. The van der Waals surface area contributed by atoms with Crippen molar-refractivity contribution < 1.29 is 19.0 Å². The molecular weight excluding hydrogens is 412 g/mol. The Kier molecular flexibility index (Phi) is 10.0. The number of hydrogen-bond donors (Lipinski definition) is 1. The third kappa shape index (κ3) is 7.09. The van der Waals surface area contributed by atoms with Crippen LogP contribution in [0.1, 0.15) is 39.8 Å². The molecule has 2 atom stereocenters. The number of thioether (sulfide) groups is 1. The molecule has 0 saturated carbocycles. The summed E-state index contributed by atoms with van der Waals surface area (Å²) in [7, 11) is 3.15. The molecular formula is C24H32N2O4S. The predicted molar refractivity (Wildman–Crippen MR) is 129 cm³/mol. The number of allylic oxidation sites excluding steroid dienone is 2. The van der Waals surface area contributed by atoms with Crippen LogP contribution in [0.15, 0.2) is 41.8 Å². The predicted octanol–water partition coefficient (Wildman–Crippen LogP) is 5.64. The van der Waals surface area contributed by atoms with Crippen LogP contribution in [-0.2, 0) is 14.3 Å². The van der Waals surface area contributed by atoms with Crippen LogP contribution in [0.25, 0.3) is 15.8 Å².